The molecular weight excluding hydrogens is 346 g/mol. The van der Waals surface area contributed by atoms with Crippen molar-refractivity contribution in [2.75, 3.05) is 7.11 Å². The lowest BCUT2D eigenvalue weighted by molar-refractivity contribution is 0.306. The van der Waals surface area contributed by atoms with E-state index in [4.69, 9.17) is 21.1 Å². The SMILES string of the molecule is COc1ccc(CNCc2ccc(OCc3ccccc3)c(Cl)c2)cc1. The van der Waals surface area contributed by atoms with Crippen LogP contribution in [0.15, 0.2) is 72.8 Å². The maximum absolute atomic E-state index is 6.36. The molecule has 0 aliphatic heterocycles. The average Bonchev–Trinajstić information content (AvgIpc) is 2.69. The average molecular weight is 368 g/mol. The topological polar surface area (TPSA) is 30.5 Å². The van der Waals surface area contributed by atoms with Crippen LogP contribution in [0.3, 0.4) is 0 Å². The van der Waals surface area contributed by atoms with Crippen LogP contribution in [0.4, 0.5) is 0 Å². The van der Waals surface area contributed by atoms with Gasteiger partial charge in [0.15, 0.2) is 0 Å². The fraction of sp³-hybridized carbons (Fsp3) is 0.182. The molecule has 0 spiro atoms. The predicted molar refractivity (Wildman–Crippen MR) is 106 cm³/mol. The lowest BCUT2D eigenvalue weighted by atomic mass is 10.2. The molecule has 0 radical (unpaired) electrons. The minimum atomic E-state index is 0.510. The molecule has 0 saturated carbocycles. The second-order valence-electron chi connectivity index (χ2n) is 5.99. The van der Waals surface area contributed by atoms with E-state index in [1.54, 1.807) is 7.11 Å². The van der Waals surface area contributed by atoms with Crippen LogP contribution < -0.4 is 14.8 Å². The Bertz CT molecular complexity index is 819. The molecule has 3 aromatic rings. The number of methoxy groups -OCH3 is 1. The second-order valence-corrected chi connectivity index (χ2v) is 6.40. The minimum absolute atomic E-state index is 0.510. The molecule has 0 aliphatic carbocycles. The summed E-state index contributed by atoms with van der Waals surface area (Å²) in [6, 6.07) is 24.0. The minimum Gasteiger partial charge on any atom is -0.497 e. The molecular formula is C22H22ClNO2. The van der Waals surface area contributed by atoms with Gasteiger partial charge in [-0.15, -0.1) is 0 Å². The van der Waals surface area contributed by atoms with E-state index < -0.39 is 0 Å². The van der Waals surface area contributed by atoms with Crippen molar-refractivity contribution in [3.8, 4) is 11.5 Å². The van der Waals surface area contributed by atoms with Crippen LogP contribution >= 0.6 is 11.6 Å². The van der Waals surface area contributed by atoms with Crippen molar-refractivity contribution in [1.29, 1.82) is 0 Å². The first-order valence-corrected chi connectivity index (χ1v) is 8.91. The Morgan fingerprint density at radius 1 is 0.808 bits per heavy atom. The highest BCUT2D eigenvalue weighted by molar-refractivity contribution is 6.32. The summed E-state index contributed by atoms with van der Waals surface area (Å²) in [4.78, 5) is 0. The van der Waals surface area contributed by atoms with Gasteiger partial charge >= 0.3 is 0 Å². The van der Waals surface area contributed by atoms with Crippen LogP contribution in [0, 0.1) is 0 Å². The van der Waals surface area contributed by atoms with Gasteiger partial charge in [0.25, 0.3) is 0 Å². The molecule has 0 aromatic heterocycles. The third kappa shape index (κ3) is 5.25. The molecule has 0 amide bonds. The third-order valence-electron chi connectivity index (χ3n) is 4.05. The van der Waals surface area contributed by atoms with E-state index in [-0.39, 0.29) is 0 Å². The molecule has 0 fully saturated rings. The Morgan fingerprint density at radius 3 is 2.19 bits per heavy atom. The molecule has 0 aliphatic rings. The molecule has 3 rings (SSSR count). The normalized spacial score (nSPS) is 10.5. The van der Waals surface area contributed by atoms with Crippen molar-refractivity contribution in [1.82, 2.24) is 5.32 Å². The fourth-order valence-corrected chi connectivity index (χ4v) is 2.86. The maximum Gasteiger partial charge on any atom is 0.138 e. The van der Waals surface area contributed by atoms with E-state index in [9.17, 15) is 0 Å². The molecule has 0 atom stereocenters. The first-order chi connectivity index (χ1) is 12.7. The predicted octanol–water partition coefficient (Wildman–Crippen LogP) is 5.22. The van der Waals surface area contributed by atoms with Crippen molar-refractivity contribution in [3.63, 3.8) is 0 Å². The molecule has 1 N–H and O–H groups in total. The Labute approximate surface area is 159 Å². The second kappa shape index (κ2) is 9.27. The van der Waals surface area contributed by atoms with Gasteiger partial charge in [-0.3, -0.25) is 0 Å². The number of ether oxygens (including phenoxy) is 2. The summed E-state index contributed by atoms with van der Waals surface area (Å²) in [5.41, 5.74) is 3.45. The van der Waals surface area contributed by atoms with E-state index in [0.717, 1.165) is 30.0 Å². The number of rotatable bonds is 8. The summed E-state index contributed by atoms with van der Waals surface area (Å²) >= 11 is 6.36. The van der Waals surface area contributed by atoms with Crippen molar-refractivity contribution in [2.45, 2.75) is 19.7 Å². The van der Waals surface area contributed by atoms with Gasteiger partial charge in [0, 0.05) is 13.1 Å². The van der Waals surface area contributed by atoms with Crippen LogP contribution in [-0.2, 0) is 19.7 Å². The summed E-state index contributed by atoms with van der Waals surface area (Å²) in [7, 11) is 1.67. The van der Waals surface area contributed by atoms with E-state index >= 15 is 0 Å². The third-order valence-corrected chi connectivity index (χ3v) is 4.35. The monoisotopic (exact) mass is 367 g/mol. The van der Waals surface area contributed by atoms with Crippen molar-refractivity contribution in [2.24, 2.45) is 0 Å². The zero-order valence-corrected chi connectivity index (χ0v) is 15.5. The Kier molecular flexibility index (Phi) is 6.53. The van der Waals surface area contributed by atoms with Gasteiger partial charge in [0.1, 0.15) is 18.1 Å². The van der Waals surface area contributed by atoms with Crippen molar-refractivity contribution in [3.05, 3.63) is 94.5 Å². The number of benzene rings is 3. The highest BCUT2D eigenvalue weighted by Crippen LogP contribution is 2.26. The summed E-state index contributed by atoms with van der Waals surface area (Å²) in [5, 5.41) is 4.05. The van der Waals surface area contributed by atoms with Gasteiger partial charge in [0.2, 0.25) is 0 Å². The van der Waals surface area contributed by atoms with Gasteiger partial charge in [-0.05, 0) is 41.0 Å². The lowest BCUT2D eigenvalue weighted by Gasteiger charge is -2.11. The van der Waals surface area contributed by atoms with Crippen LogP contribution in [0.2, 0.25) is 5.02 Å². The van der Waals surface area contributed by atoms with Crippen molar-refractivity contribution >= 4 is 11.6 Å². The maximum atomic E-state index is 6.36. The Morgan fingerprint density at radius 2 is 1.50 bits per heavy atom. The smallest absolute Gasteiger partial charge is 0.138 e. The van der Waals surface area contributed by atoms with Crippen LogP contribution in [0.1, 0.15) is 16.7 Å². The lowest BCUT2D eigenvalue weighted by Crippen LogP contribution is -2.12. The van der Waals surface area contributed by atoms with E-state index in [2.05, 4.69) is 17.4 Å². The van der Waals surface area contributed by atoms with E-state index in [1.807, 2.05) is 60.7 Å². The van der Waals surface area contributed by atoms with Crippen LogP contribution in [-0.4, -0.2) is 7.11 Å². The molecule has 134 valence electrons. The number of nitrogens with one attached hydrogen (secondary N) is 1. The van der Waals surface area contributed by atoms with Gasteiger partial charge < -0.3 is 14.8 Å². The Hall–Kier alpha value is -2.49. The fourth-order valence-electron chi connectivity index (χ4n) is 2.60. The standard InChI is InChI=1S/C22H22ClNO2/c1-25-20-10-7-17(8-11-20)14-24-15-19-9-12-22(21(23)13-19)26-16-18-5-3-2-4-6-18/h2-13,24H,14-16H2,1H3. The molecule has 0 heterocycles. The van der Waals surface area contributed by atoms with Crippen molar-refractivity contribution < 1.29 is 9.47 Å². The number of halogens is 1. The molecule has 0 saturated heterocycles. The summed E-state index contributed by atoms with van der Waals surface area (Å²) in [6.07, 6.45) is 0. The zero-order valence-electron chi connectivity index (χ0n) is 14.7. The molecule has 26 heavy (non-hydrogen) atoms. The summed E-state index contributed by atoms with van der Waals surface area (Å²) in [5.74, 6) is 1.57. The molecule has 4 heteroatoms. The van der Waals surface area contributed by atoms with Crippen LogP contribution in [0.5, 0.6) is 11.5 Å². The summed E-state index contributed by atoms with van der Waals surface area (Å²) in [6.45, 7) is 2.04. The Balaban J connectivity index is 1.50. The molecule has 0 bridgehead atoms. The first kappa shape index (κ1) is 18.3. The quantitative estimate of drug-likeness (QED) is 0.592. The highest BCUT2D eigenvalue weighted by Gasteiger charge is 2.04. The number of hydrogen-bond acceptors (Lipinski definition) is 3. The zero-order chi connectivity index (χ0) is 18.2. The number of hydrogen-bond donors (Lipinski definition) is 1. The van der Waals surface area contributed by atoms with Gasteiger partial charge in [-0.1, -0.05) is 60.1 Å². The van der Waals surface area contributed by atoms with Crippen LogP contribution in [0.25, 0.3) is 0 Å². The molecule has 3 aromatic carbocycles. The first-order valence-electron chi connectivity index (χ1n) is 8.53. The van der Waals surface area contributed by atoms with E-state index in [1.165, 1.54) is 5.56 Å². The summed E-state index contributed by atoms with van der Waals surface area (Å²) < 4.78 is 11.0. The molecule has 3 nitrogen and oxygen atoms in total. The van der Waals surface area contributed by atoms with Gasteiger partial charge in [0.05, 0.1) is 12.1 Å². The largest absolute Gasteiger partial charge is 0.497 e. The highest BCUT2D eigenvalue weighted by atomic mass is 35.5. The van der Waals surface area contributed by atoms with E-state index in [0.29, 0.717) is 17.4 Å². The van der Waals surface area contributed by atoms with Gasteiger partial charge in [-0.2, -0.15) is 0 Å². The van der Waals surface area contributed by atoms with Gasteiger partial charge in [-0.25, -0.2) is 0 Å². The molecule has 0 unspecified atom stereocenters.